The standard InChI is InChI=1S/C27H46O10/c1-7-27(6,13-9-12-16(4)11-8-10-15(2)3)37-26-24(22(32)20(30)18(14-28)35-26)36-25-23(33)21(31)19(29)17(5)34-25/h7,10,12,17-26,28-33H,1,8-9,11,13-14H2,2-6H3/b16-12+. The number of aliphatic hydroxyl groups excluding tert-OH is 6. The molecule has 37 heavy (non-hydrogen) atoms. The predicted octanol–water partition coefficient (Wildman–Crippen LogP) is 1.07. The molecule has 0 saturated carbocycles. The van der Waals surface area contributed by atoms with E-state index in [1.807, 2.05) is 0 Å². The van der Waals surface area contributed by atoms with Crippen LogP contribution in [0.25, 0.3) is 0 Å². The van der Waals surface area contributed by atoms with Gasteiger partial charge < -0.3 is 49.6 Å². The Morgan fingerprint density at radius 2 is 1.57 bits per heavy atom. The maximum Gasteiger partial charge on any atom is 0.188 e. The van der Waals surface area contributed by atoms with Crippen molar-refractivity contribution < 1.29 is 49.6 Å². The highest BCUT2D eigenvalue weighted by atomic mass is 16.8. The first-order chi connectivity index (χ1) is 17.3. The second-order valence-corrected chi connectivity index (χ2v) is 10.5. The minimum atomic E-state index is -1.63. The van der Waals surface area contributed by atoms with Crippen LogP contribution in [0.5, 0.6) is 0 Å². The van der Waals surface area contributed by atoms with Crippen LogP contribution in [0.3, 0.4) is 0 Å². The first-order valence-corrected chi connectivity index (χ1v) is 12.9. The Kier molecular flexibility index (Phi) is 12.4. The zero-order valence-electron chi connectivity index (χ0n) is 22.6. The summed E-state index contributed by atoms with van der Waals surface area (Å²) in [7, 11) is 0. The maximum absolute atomic E-state index is 10.8. The minimum absolute atomic E-state index is 0.524. The van der Waals surface area contributed by atoms with E-state index in [4.69, 9.17) is 18.9 Å². The topological polar surface area (TPSA) is 158 Å². The van der Waals surface area contributed by atoms with Gasteiger partial charge in [0.2, 0.25) is 0 Å². The maximum atomic E-state index is 10.8. The highest BCUT2D eigenvalue weighted by Gasteiger charge is 2.51. The number of allylic oxidation sites excluding steroid dienone is 4. The third-order valence-corrected chi connectivity index (χ3v) is 6.97. The van der Waals surface area contributed by atoms with Gasteiger partial charge in [-0.3, -0.25) is 0 Å². The van der Waals surface area contributed by atoms with Gasteiger partial charge in [0.15, 0.2) is 12.6 Å². The van der Waals surface area contributed by atoms with Crippen molar-refractivity contribution in [2.45, 2.75) is 127 Å². The van der Waals surface area contributed by atoms with Crippen LogP contribution in [0, 0.1) is 0 Å². The highest BCUT2D eigenvalue weighted by Crippen LogP contribution is 2.33. The van der Waals surface area contributed by atoms with Crippen molar-refractivity contribution in [1.29, 1.82) is 0 Å². The average molecular weight is 531 g/mol. The van der Waals surface area contributed by atoms with Crippen LogP contribution < -0.4 is 0 Å². The van der Waals surface area contributed by atoms with Crippen molar-refractivity contribution in [3.63, 3.8) is 0 Å². The Morgan fingerprint density at radius 3 is 2.16 bits per heavy atom. The zero-order valence-corrected chi connectivity index (χ0v) is 22.6. The van der Waals surface area contributed by atoms with Gasteiger partial charge in [-0.1, -0.05) is 29.4 Å². The van der Waals surface area contributed by atoms with E-state index in [1.54, 1.807) is 13.0 Å². The number of rotatable bonds is 12. The summed E-state index contributed by atoms with van der Waals surface area (Å²) in [6, 6.07) is 0. The van der Waals surface area contributed by atoms with Crippen molar-refractivity contribution in [1.82, 2.24) is 0 Å². The monoisotopic (exact) mass is 530 g/mol. The lowest BCUT2D eigenvalue weighted by atomic mass is 9.95. The molecule has 2 fully saturated rings. The molecule has 0 bridgehead atoms. The van der Waals surface area contributed by atoms with Crippen molar-refractivity contribution in [2.75, 3.05) is 6.61 Å². The normalized spacial score (nSPS) is 38.6. The van der Waals surface area contributed by atoms with E-state index in [9.17, 15) is 30.6 Å². The molecule has 0 aromatic rings. The molecule has 2 heterocycles. The number of hydrogen-bond acceptors (Lipinski definition) is 10. The second-order valence-electron chi connectivity index (χ2n) is 10.5. The van der Waals surface area contributed by atoms with Crippen LogP contribution >= 0.6 is 0 Å². The van der Waals surface area contributed by atoms with Crippen LogP contribution in [0.15, 0.2) is 36.0 Å². The quantitative estimate of drug-likeness (QED) is 0.202. The van der Waals surface area contributed by atoms with Gasteiger partial charge in [0.05, 0.1) is 18.3 Å². The molecular weight excluding hydrogens is 484 g/mol. The molecule has 0 spiro atoms. The van der Waals surface area contributed by atoms with Crippen molar-refractivity contribution in [3.8, 4) is 0 Å². The van der Waals surface area contributed by atoms with Gasteiger partial charge in [0, 0.05) is 0 Å². The van der Waals surface area contributed by atoms with Crippen LogP contribution in [0.2, 0.25) is 0 Å². The molecule has 0 aromatic heterocycles. The fraction of sp³-hybridized carbons (Fsp3) is 0.778. The molecule has 214 valence electrons. The fourth-order valence-corrected chi connectivity index (χ4v) is 4.35. The van der Waals surface area contributed by atoms with E-state index in [0.29, 0.717) is 12.8 Å². The summed E-state index contributed by atoms with van der Waals surface area (Å²) in [6.45, 7) is 12.8. The fourth-order valence-electron chi connectivity index (χ4n) is 4.35. The van der Waals surface area contributed by atoms with Gasteiger partial charge >= 0.3 is 0 Å². The third-order valence-electron chi connectivity index (χ3n) is 6.97. The number of hydrogen-bond donors (Lipinski definition) is 6. The summed E-state index contributed by atoms with van der Waals surface area (Å²) in [6.07, 6.45) is -4.62. The Labute approximate surface area is 219 Å². The lowest BCUT2D eigenvalue weighted by molar-refractivity contribution is -0.373. The van der Waals surface area contributed by atoms with E-state index >= 15 is 0 Å². The summed E-state index contributed by atoms with van der Waals surface area (Å²) in [5, 5.41) is 61.4. The van der Waals surface area contributed by atoms with Gasteiger partial charge in [-0.2, -0.15) is 0 Å². The van der Waals surface area contributed by atoms with Gasteiger partial charge in [-0.15, -0.1) is 6.58 Å². The molecule has 10 nitrogen and oxygen atoms in total. The van der Waals surface area contributed by atoms with Gasteiger partial charge in [0.1, 0.15) is 42.7 Å². The van der Waals surface area contributed by atoms with Crippen LogP contribution in [-0.2, 0) is 18.9 Å². The van der Waals surface area contributed by atoms with Crippen LogP contribution in [-0.4, -0.2) is 104 Å². The molecule has 2 aliphatic rings. The Bertz CT molecular complexity index is 781. The van der Waals surface area contributed by atoms with Crippen molar-refractivity contribution in [2.24, 2.45) is 0 Å². The Morgan fingerprint density at radius 1 is 0.892 bits per heavy atom. The summed E-state index contributed by atoms with van der Waals surface area (Å²) in [5.74, 6) is 0. The zero-order chi connectivity index (χ0) is 27.9. The van der Waals surface area contributed by atoms with Crippen molar-refractivity contribution >= 4 is 0 Å². The molecule has 0 amide bonds. The summed E-state index contributed by atoms with van der Waals surface area (Å²) >= 11 is 0. The van der Waals surface area contributed by atoms with E-state index in [2.05, 4.69) is 39.5 Å². The van der Waals surface area contributed by atoms with E-state index in [0.717, 1.165) is 12.8 Å². The first-order valence-electron chi connectivity index (χ1n) is 12.9. The van der Waals surface area contributed by atoms with Gasteiger partial charge in [-0.05, 0) is 60.3 Å². The van der Waals surface area contributed by atoms with Gasteiger partial charge in [-0.25, -0.2) is 0 Å². The highest BCUT2D eigenvalue weighted by molar-refractivity contribution is 5.04. The minimum Gasteiger partial charge on any atom is -0.394 e. The molecule has 0 radical (unpaired) electrons. The molecule has 11 atom stereocenters. The Hall–Kier alpha value is -1.18. The molecule has 2 saturated heterocycles. The average Bonchev–Trinajstić information content (AvgIpc) is 2.85. The number of ether oxygens (including phenoxy) is 4. The second kappa shape index (κ2) is 14.3. The molecular formula is C27H46O10. The molecule has 0 aromatic carbocycles. The smallest absolute Gasteiger partial charge is 0.188 e. The molecule has 6 N–H and O–H groups in total. The Balaban J connectivity index is 2.15. The van der Waals surface area contributed by atoms with Crippen molar-refractivity contribution in [3.05, 3.63) is 36.0 Å². The largest absolute Gasteiger partial charge is 0.394 e. The third kappa shape index (κ3) is 8.66. The summed E-state index contributed by atoms with van der Waals surface area (Å²) in [5.41, 5.74) is 1.60. The molecule has 0 aliphatic carbocycles. The first kappa shape index (κ1) is 32.0. The molecule has 11 unspecified atom stereocenters. The molecule has 2 aliphatic heterocycles. The van der Waals surface area contributed by atoms with Crippen LogP contribution in [0.4, 0.5) is 0 Å². The number of aliphatic hydroxyl groups is 6. The van der Waals surface area contributed by atoms with E-state index in [1.165, 1.54) is 18.1 Å². The van der Waals surface area contributed by atoms with E-state index < -0.39 is 73.6 Å². The van der Waals surface area contributed by atoms with E-state index in [-0.39, 0.29) is 0 Å². The lowest BCUT2D eigenvalue weighted by Crippen LogP contribution is -2.64. The summed E-state index contributed by atoms with van der Waals surface area (Å²) in [4.78, 5) is 0. The van der Waals surface area contributed by atoms with Gasteiger partial charge in [0.25, 0.3) is 0 Å². The molecule has 10 heteroatoms. The predicted molar refractivity (Wildman–Crippen MR) is 136 cm³/mol. The SMILES string of the molecule is C=CC(C)(CC/C=C(\C)CCC=C(C)C)OC1OC(CO)C(O)C(O)C1OC1OC(C)C(O)C(O)C1O. The summed E-state index contributed by atoms with van der Waals surface area (Å²) < 4.78 is 23.2. The van der Waals surface area contributed by atoms with Crippen LogP contribution in [0.1, 0.15) is 60.3 Å². The lowest BCUT2D eigenvalue weighted by Gasteiger charge is -2.47. The molecule has 2 rings (SSSR count).